The summed E-state index contributed by atoms with van der Waals surface area (Å²) in [5.74, 6) is 3.18. The van der Waals surface area contributed by atoms with Gasteiger partial charge in [-0.15, -0.1) is 22.7 Å². The number of aromatic nitrogens is 3. The molecule has 0 aliphatic carbocycles. The van der Waals surface area contributed by atoms with Crippen LogP contribution in [0.25, 0.3) is 10.2 Å². The molecule has 1 aliphatic rings. The molecule has 0 saturated carbocycles. The molecule has 4 aromatic heterocycles. The molecule has 1 saturated heterocycles. The lowest BCUT2D eigenvalue weighted by Crippen LogP contribution is -2.36. The van der Waals surface area contributed by atoms with Crippen molar-refractivity contribution in [3.63, 3.8) is 0 Å². The molecule has 11 heteroatoms. The largest absolute Gasteiger partial charge is 0.495 e. The standard InChI is InChI=1S/C29H27N5O3S3/c1-18(35)34-11-8-19(9-12-34)23-17-39-29(32-23)33-28-25(37-20-6-4-3-5-7-20)14-21(16-30-28)40-26-15-24(36-2)27-22(31-26)10-13-38-27/h3-7,10,13-17,19H,8-9,11-12H2,1-2H3,(H,30,32,33). The first-order valence-electron chi connectivity index (χ1n) is 12.9. The molecule has 0 atom stereocenters. The second-order valence-corrected chi connectivity index (χ2v) is 12.2. The highest BCUT2D eigenvalue weighted by Gasteiger charge is 2.24. The van der Waals surface area contributed by atoms with Gasteiger partial charge in [0.2, 0.25) is 5.91 Å². The summed E-state index contributed by atoms with van der Waals surface area (Å²) in [5.41, 5.74) is 1.96. The maximum Gasteiger partial charge on any atom is 0.219 e. The molecule has 0 bridgehead atoms. The van der Waals surface area contributed by atoms with Crippen LogP contribution in [0, 0.1) is 0 Å². The molecule has 1 aliphatic heterocycles. The van der Waals surface area contributed by atoms with E-state index in [1.54, 1.807) is 36.7 Å². The molecule has 6 rings (SSSR count). The topological polar surface area (TPSA) is 89.5 Å². The van der Waals surface area contributed by atoms with E-state index in [1.165, 1.54) is 11.8 Å². The molecule has 40 heavy (non-hydrogen) atoms. The van der Waals surface area contributed by atoms with Crippen LogP contribution in [0.4, 0.5) is 10.9 Å². The molecule has 0 radical (unpaired) electrons. The van der Waals surface area contributed by atoms with E-state index in [4.69, 9.17) is 24.4 Å². The number of methoxy groups -OCH3 is 1. The Morgan fingerprint density at radius 3 is 2.67 bits per heavy atom. The van der Waals surface area contributed by atoms with Crippen LogP contribution in [0.1, 0.15) is 31.4 Å². The Kier molecular flexibility index (Phi) is 7.85. The number of carbonyl (C=O) groups is 1. The molecular weight excluding hydrogens is 563 g/mol. The van der Waals surface area contributed by atoms with E-state index in [1.807, 2.05) is 65.0 Å². The zero-order chi connectivity index (χ0) is 27.5. The Morgan fingerprint density at radius 2 is 1.90 bits per heavy atom. The summed E-state index contributed by atoms with van der Waals surface area (Å²) in [6.45, 7) is 3.18. The normalized spacial score (nSPS) is 13.9. The smallest absolute Gasteiger partial charge is 0.219 e. The average molecular weight is 590 g/mol. The van der Waals surface area contributed by atoms with Gasteiger partial charge in [-0.25, -0.2) is 15.0 Å². The van der Waals surface area contributed by atoms with Gasteiger partial charge in [-0.3, -0.25) is 4.79 Å². The Morgan fingerprint density at radius 1 is 1.07 bits per heavy atom. The number of amides is 1. The highest BCUT2D eigenvalue weighted by molar-refractivity contribution is 7.99. The molecule has 1 N–H and O–H groups in total. The van der Waals surface area contributed by atoms with E-state index in [-0.39, 0.29) is 5.91 Å². The lowest BCUT2D eigenvalue weighted by atomic mass is 9.94. The van der Waals surface area contributed by atoms with Gasteiger partial charge in [-0.1, -0.05) is 30.0 Å². The Bertz CT molecular complexity index is 1630. The number of pyridine rings is 2. The molecule has 5 heterocycles. The van der Waals surface area contributed by atoms with Crippen molar-refractivity contribution < 1.29 is 14.3 Å². The number of piperidine rings is 1. The Hall–Kier alpha value is -3.67. The molecule has 8 nitrogen and oxygen atoms in total. The monoisotopic (exact) mass is 589 g/mol. The minimum Gasteiger partial charge on any atom is -0.495 e. The summed E-state index contributed by atoms with van der Waals surface area (Å²) >= 11 is 4.66. The maximum absolute atomic E-state index is 11.7. The van der Waals surface area contributed by atoms with Crippen molar-refractivity contribution in [2.75, 3.05) is 25.5 Å². The summed E-state index contributed by atoms with van der Waals surface area (Å²) in [5, 5.41) is 9.05. The number of carbonyl (C=O) groups excluding carboxylic acids is 1. The number of nitrogens with zero attached hydrogens (tertiary/aromatic N) is 4. The van der Waals surface area contributed by atoms with Crippen LogP contribution in [0.5, 0.6) is 17.2 Å². The van der Waals surface area contributed by atoms with Gasteiger partial charge in [0.15, 0.2) is 16.7 Å². The first-order chi connectivity index (χ1) is 19.6. The van der Waals surface area contributed by atoms with Gasteiger partial charge >= 0.3 is 0 Å². The number of hydrogen-bond acceptors (Lipinski definition) is 10. The summed E-state index contributed by atoms with van der Waals surface area (Å²) in [6.07, 6.45) is 3.65. The van der Waals surface area contributed by atoms with Crippen LogP contribution in [-0.2, 0) is 4.79 Å². The zero-order valence-electron chi connectivity index (χ0n) is 22.0. The van der Waals surface area contributed by atoms with E-state index in [9.17, 15) is 4.79 Å². The number of hydrogen-bond donors (Lipinski definition) is 1. The number of fused-ring (bicyclic) bond motifs is 1. The number of anilines is 2. The minimum atomic E-state index is 0.139. The lowest BCUT2D eigenvalue weighted by Gasteiger charge is -2.30. The number of para-hydroxylation sites is 1. The number of thiazole rings is 1. The van der Waals surface area contributed by atoms with E-state index < -0.39 is 0 Å². The van der Waals surface area contributed by atoms with Gasteiger partial charge < -0.3 is 19.7 Å². The summed E-state index contributed by atoms with van der Waals surface area (Å²) in [4.78, 5) is 28.8. The predicted octanol–water partition coefficient (Wildman–Crippen LogP) is 7.57. The second kappa shape index (κ2) is 11.8. The Labute approximate surface area is 244 Å². The molecule has 0 unspecified atom stereocenters. The number of benzene rings is 1. The van der Waals surface area contributed by atoms with Crippen molar-refractivity contribution in [1.82, 2.24) is 19.9 Å². The van der Waals surface area contributed by atoms with Crippen LogP contribution in [0.3, 0.4) is 0 Å². The Balaban J connectivity index is 1.24. The number of likely N-dealkylation sites (tertiary alicyclic amines) is 1. The summed E-state index contributed by atoms with van der Waals surface area (Å²) < 4.78 is 12.9. The van der Waals surface area contributed by atoms with Crippen LogP contribution < -0.4 is 14.8 Å². The van der Waals surface area contributed by atoms with Crippen molar-refractivity contribution in [2.24, 2.45) is 0 Å². The first-order valence-corrected chi connectivity index (χ1v) is 15.4. The minimum absolute atomic E-state index is 0.139. The number of nitrogens with one attached hydrogen (secondary N) is 1. The van der Waals surface area contributed by atoms with Gasteiger partial charge in [0, 0.05) is 54.5 Å². The fourth-order valence-electron chi connectivity index (χ4n) is 4.62. The van der Waals surface area contributed by atoms with E-state index in [0.717, 1.165) is 62.6 Å². The fourth-order valence-corrected chi connectivity index (χ4v) is 7.06. The zero-order valence-corrected chi connectivity index (χ0v) is 24.4. The molecule has 1 fully saturated rings. The van der Waals surface area contributed by atoms with Crippen molar-refractivity contribution >= 4 is 61.5 Å². The first kappa shape index (κ1) is 26.5. The lowest BCUT2D eigenvalue weighted by molar-refractivity contribution is -0.129. The van der Waals surface area contributed by atoms with E-state index in [0.29, 0.717) is 23.2 Å². The van der Waals surface area contributed by atoms with Crippen LogP contribution in [-0.4, -0.2) is 46.0 Å². The van der Waals surface area contributed by atoms with E-state index in [2.05, 4.69) is 10.7 Å². The van der Waals surface area contributed by atoms with Crippen LogP contribution >= 0.6 is 34.4 Å². The second-order valence-electron chi connectivity index (χ2n) is 9.32. The average Bonchev–Trinajstić information content (AvgIpc) is 3.64. The van der Waals surface area contributed by atoms with Gasteiger partial charge in [0.25, 0.3) is 0 Å². The van der Waals surface area contributed by atoms with Crippen LogP contribution in [0.15, 0.2) is 75.4 Å². The molecule has 0 spiro atoms. The molecule has 1 aromatic carbocycles. The predicted molar refractivity (Wildman–Crippen MR) is 161 cm³/mol. The third kappa shape index (κ3) is 5.91. The van der Waals surface area contributed by atoms with Crippen LogP contribution in [0.2, 0.25) is 0 Å². The fraction of sp³-hybridized carbons (Fsp3) is 0.241. The number of rotatable bonds is 8. The molecule has 1 amide bonds. The summed E-state index contributed by atoms with van der Waals surface area (Å²) in [7, 11) is 1.68. The highest BCUT2D eigenvalue weighted by Crippen LogP contribution is 2.39. The molecular formula is C29H27N5O3S3. The quantitative estimate of drug-likeness (QED) is 0.198. The van der Waals surface area contributed by atoms with Gasteiger partial charge in [-0.05, 0) is 36.4 Å². The van der Waals surface area contributed by atoms with Crippen molar-refractivity contribution in [2.45, 2.75) is 35.6 Å². The molecule has 5 aromatic rings. The van der Waals surface area contributed by atoms with Gasteiger partial charge in [0.05, 0.1) is 23.0 Å². The third-order valence-corrected chi connectivity index (χ3v) is 9.27. The van der Waals surface area contributed by atoms with E-state index >= 15 is 0 Å². The number of ether oxygens (including phenoxy) is 2. The SMILES string of the molecule is COc1cc(Sc2cnc(Nc3nc(C4CCN(C(C)=O)CC4)cs3)c(Oc3ccccc3)c2)nc2ccsc12. The van der Waals surface area contributed by atoms with Crippen molar-refractivity contribution in [3.05, 3.63) is 71.2 Å². The summed E-state index contributed by atoms with van der Waals surface area (Å²) in [6, 6.07) is 15.6. The molecule has 204 valence electrons. The van der Waals surface area contributed by atoms with Gasteiger partial charge in [0.1, 0.15) is 16.5 Å². The van der Waals surface area contributed by atoms with Crippen molar-refractivity contribution in [1.29, 1.82) is 0 Å². The van der Waals surface area contributed by atoms with Gasteiger partial charge in [-0.2, -0.15) is 0 Å². The third-order valence-electron chi connectivity index (χ3n) is 6.70. The maximum atomic E-state index is 11.7. The van der Waals surface area contributed by atoms with Crippen molar-refractivity contribution in [3.8, 4) is 17.2 Å². The number of thiophene rings is 1. The highest BCUT2D eigenvalue weighted by atomic mass is 32.2.